The molecule has 8 aromatic rings. The highest BCUT2D eigenvalue weighted by atomic mass is 28.3. The molecule has 0 saturated carbocycles. The van der Waals surface area contributed by atoms with Gasteiger partial charge in [-0.25, -0.2) is 17.6 Å². The van der Waals surface area contributed by atoms with Crippen molar-refractivity contribution < 1.29 is 35.1 Å². The van der Waals surface area contributed by atoms with Gasteiger partial charge in [0, 0.05) is 21.5 Å². The molecular weight excluding hydrogens is 689 g/mol. The fraction of sp³-hybridized carbons (Fsp3) is 0.100. The van der Waals surface area contributed by atoms with E-state index >= 15 is 17.6 Å². The molecule has 0 atom stereocenters. The summed E-state index contributed by atoms with van der Waals surface area (Å²) in [5, 5.41) is 4.51. The van der Waals surface area contributed by atoms with Gasteiger partial charge >= 0.3 is 24.9 Å². The number of halogens is 8. The largest absolute Gasteiger partial charge is 0.389 e. The quantitative estimate of drug-likeness (QED) is 0.0846. The molecule has 0 aliphatic rings. The van der Waals surface area contributed by atoms with E-state index in [0.29, 0.717) is 41.1 Å². The van der Waals surface area contributed by atoms with Crippen LogP contribution in [0.5, 0.6) is 0 Å². The van der Waals surface area contributed by atoms with Gasteiger partial charge in [0.2, 0.25) is 0 Å². The van der Waals surface area contributed by atoms with Crippen molar-refractivity contribution in [2.24, 2.45) is 0 Å². The van der Waals surface area contributed by atoms with Gasteiger partial charge in [-0.2, -0.15) is 38.3 Å². The number of para-hydroxylation sites is 2. The summed E-state index contributed by atoms with van der Waals surface area (Å²) in [6.45, 7) is 0. The Morgan fingerprint density at radius 2 is 0.706 bits per heavy atom. The maximum atomic E-state index is 15.2. The summed E-state index contributed by atoms with van der Waals surface area (Å²) in [6, 6.07) is 31.9. The molecule has 0 spiro atoms. The molecule has 2 aromatic heterocycles. The standard InChI is InChI=1S/C40H26F8N2Si/c41-37(42)39(45,46)49-33-17-9-7-15-29(33)31-23-27(19-21-35(31)49)51(25-11-3-1-4-12-25,26-13-5-2-6-14-26)28-20-22-36-32(24-28)30-16-8-10-18-34(30)50(36)40(47,48)38(43)44/h1-24,37-38H/q-1. The number of rotatable bonds is 8. The molecule has 0 aliphatic carbocycles. The molecule has 0 radical (unpaired) electrons. The summed E-state index contributed by atoms with van der Waals surface area (Å²) in [4.78, 5) is 0. The molecule has 0 fully saturated rings. The van der Waals surface area contributed by atoms with Crippen LogP contribution in [0.4, 0.5) is 35.1 Å². The molecule has 0 N–H and O–H groups in total. The van der Waals surface area contributed by atoms with Gasteiger partial charge in [0.25, 0.3) is 0 Å². The van der Waals surface area contributed by atoms with E-state index in [4.69, 9.17) is 0 Å². The first-order valence-corrected chi connectivity index (χ1v) is 18.0. The van der Waals surface area contributed by atoms with Crippen molar-refractivity contribution in [3.63, 3.8) is 0 Å². The third-order valence-electron chi connectivity index (χ3n) is 9.75. The van der Waals surface area contributed by atoms with E-state index in [-0.39, 0.29) is 22.1 Å². The fourth-order valence-corrected chi connectivity index (χ4v) is 12.4. The maximum absolute atomic E-state index is 15.2. The molecule has 6 aromatic carbocycles. The zero-order chi connectivity index (χ0) is 35.7. The second-order valence-corrected chi connectivity index (χ2v) is 16.2. The Balaban J connectivity index is 1.51. The lowest BCUT2D eigenvalue weighted by atomic mass is 10.1. The van der Waals surface area contributed by atoms with E-state index in [1.54, 1.807) is 48.5 Å². The van der Waals surface area contributed by atoms with Crippen LogP contribution in [0.3, 0.4) is 0 Å². The average molecular weight is 715 g/mol. The summed E-state index contributed by atoms with van der Waals surface area (Å²) >= 11 is 0. The van der Waals surface area contributed by atoms with Gasteiger partial charge in [-0.15, -0.1) is 0 Å². The number of hydrogen-bond acceptors (Lipinski definition) is 0. The molecule has 0 bridgehead atoms. The zero-order valence-corrected chi connectivity index (χ0v) is 27.4. The van der Waals surface area contributed by atoms with Gasteiger partial charge in [-0.1, -0.05) is 121 Å². The first-order valence-electron chi connectivity index (χ1n) is 16.0. The first-order chi connectivity index (χ1) is 24.5. The summed E-state index contributed by atoms with van der Waals surface area (Å²) in [5.41, 5.74) is -0.282. The van der Waals surface area contributed by atoms with Crippen LogP contribution in [-0.4, -0.2) is 30.1 Å². The molecule has 257 valence electrons. The van der Waals surface area contributed by atoms with Crippen LogP contribution < -0.4 is 20.7 Å². The van der Waals surface area contributed by atoms with E-state index in [1.807, 2.05) is 60.7 Å². The topological polar surface area (TPSA) is 9.86 Å². The smallest absolute Gasteiger partial charge is 0.276 e. The molecule has 8 rings (SSSR count). The first kappa shape index (κ1) is 32.8. The molecule has 51 heavy (non-hydrogen) atoms. The van der Waals surface area contributed by atoms with Crippen LogP contribution in [0, 0.1) is 0 Å². The highest BCUT2D eigenvalue weighted by molar-refractivity contribution is 7.20. The second-order valence-electron chi connectivity index (χ2n) is 12.4. The SMILES string of the molecule is FC(F)C(F)(F)n1c2ccccc2c2cc([Si-](c3ccccc3)(c3ccccc3)c3ccc4c(c3)c3ccccc3n4C(F)(F)C(F)F)ccc21. The fourth-order valence-electron chi connectivity index (χ4n) is 7.63. The molecule has 0 saturated heterocycles. The lowest BCUT2D eigenvalue weighted by molar-refractivity contribution is -0.184. The highest BCUT2D eigenvalue weighted by Crippen LogP contribution is 2.40. The predicted molar refractivity (Wildman–Crippen MR) is 188 cm³/mol. The van der Waals surface area contributed by atoms with Crippen LogP contribution in [0.1, 0.15) is 0 Å². The van der Waals surface area contributed by atoms with Crippen molar-refractivity contribution in [2.75, 3.05) is 0 Å². The van der Waals surface area contributed by atoms with Gasteiger partial charge in [0.05, 0.1) is 22.1 Å². The van der Waals surface area contributed by atoms with Gasteiger partial charge in [-0.3, -0.25) is 9.13 Å². The number of nitrogens with zero attached hydrogens (tertiary/aromatic N) is 2. The van der Waals surface area contributed by atoms with Crippen molar-refractivity contribution in [3.8, 4) is 0 Å². The number of hydrogen-bond donors (Lipinski definition) is 0. The molecule has 11 heteroatoms. The molecule has 2 heterocycles. The third-order valence-corrected chi connectivity index (χ3v) is 14.5. The van der Waals surface area contributed by atoms with Crippen LogP contribution in [0.15, 0.2) is 146 Å². The molecular formula is C40H26F8N2Si-. The van der Waals surface area contributed by atoms with Gasteiger partial charge < -0.3 is 0 Å². The normalized spacial score (nSPS) is 13.1. The van der Waals surface area contributed by atoms with Crippen molar-refractivity contribution >= 4 is 72.4 Å². The molecule has 0 aliphatic heterocycles. The number of fused-ring (bicyclic) bond motifs is 6. The molecule has 0 amide bonds. The highest BCUT2D eigenvalue weighted by Gasteiger charge is 2.46. The Hall–Kier alpha value is -5.42. The third kappa shape index (κ3) is 4.74. The van der Waals surface area contributed by atoms with E-state index in [1.165, 1.54) is 36.4 Å². The van der Waals surface area contributed by atoms with Crippen LogP contribution in [0.2, 0.25) is 0 Å². The summed E-state index contributed by atoms with van der Waals surface area (Å²) in [5.74, 6) is 0. The predicted octanol–water partition coefficient (Wildman–Crippen LogP) is 8.91. The maximum Gasteiger partial charge on any atom is 0.389 e. The van der Waals surface area contributed by atoms with Gasteiger partial charge in [-0.05, 0) is 32.3 Å². The van der Waals surface area contributed by atoms with Crippen molar-refractivity contribution in [3.05, 3.63) is 146 Å². The lowest BCUT2D eigenvalue weighted by Crippen LogP contribution is -2.74. The number of alkyl halides is 8. The lowest BCUT2D eigenvalue weighted by Gasteiger charge is -2.47. The van der Waals surface area contributed by atoms with Gasteiger partial charge in [0.15, 0.2) is 0 Å². The number of aromatic nitrogens is 2. The van der Waals surface area contributed by atoms with Gasteiger partial charge in [0.1, 0.15) is 0 Å². The Morgan fingerprint density at radius 1 is 0.373 bits per heavy atom. The Bertz CT molecular complexity index is 2380. The van der Waals surface area contributed by atoms with Crippen molar-refractivity contribution in [1.29, 1.82) is 0 Å². The number of benzene rings is 6. The van der Waals surface area contributed by atoms with E-state index in [9.17, 15) is 17.6 Å². The second kappa shape index (κ2) is 11.8. The monoisotopic (exact) mass is 714 g/mol. The van der Waals surface area contributed by atoms with E-state index in [0.717, 1.165) is 10.4 Å². The van der Waals surface area contributed by atoms with Crippen LogP contribution in [0.25, 0.3) is 43.6 Å². The molecule has 2 nitrogen and oxygen atoms in total. The minimum Gasteiger partial charge on any atom is -0.276 e. The van der Waals surface area contributed by atoms with Crippen LogP contribution >= 0.6 is 0 Å². The molecule has 0 unspecified atom stereocenters. The Labute approximate surface area is 286 Å². The van der Waals surface area contributed by atoms with Crippen LogP contribution in [-0.2, 0) is 12.1 Å². The van der Waals surface area contributed by atoms with Crippen molar-refractivity contribution in [2.45, 2.75) is 24.9 Å². The summed E-state index contributed by atoms with van der Waals surface area (Å²) in [7, 11) is -3.52. The minimum absolute atomic E-state index is 0.0594. The zero-order valence-electron chi connectivity index (χ0n) is 26.4. The average Bonchev–Trinajstić information content (AvgIpc) is 3.66. The van der Waals surface area contributed by atoms with E-state index < -0.39 is 33.0 Å². The summed E-state index contributed by atoms with van der Waals surface area (Å²) in [6.07, 6.45) is -7.94. The minimum atomic E-state index is -4.50. The van der Waals surface area contributed by atoms with E-state index in [2.05, 4.69) is 0 Å². The Morgan fingerprint density at radius 3 is 1.08 bits per heavy atom. The summed E-state index contributed by atoms with van der Waals surface area (Å²) < 4.78 is 117. The van der Waals surface area contributed by atoms with Crippen molar-refractivity contribution in [1.82, 2.24) is 9.13 Å². The Kier molecular flexibility index (Phi) is 7.60.